The van der Waals surface area contributed by atoms with E-state index < -0.39 is 4.92 Å². The highest BCUT2D eigenvalue weighted by Gasteiger charge is 2.17. The first-order valence-electron chi connectivity index (χ1n) is 10.3. The maximum Gasteiger partial charge on any atom is 0.274 e. The van der Waals surface area contributed by atoms with Crippen molar-refractivity contribution in [1.82, 2.24) is 4.90 Å². The normalized spacial score (nSPS) is 12.3. The highest BCUT2D eigenvalue weighted by Crippen LogP contribution is 2.32. The van der Waals surface area contributed by atoms with E-state index in [0.29, 0.717) is 54.7 Å². The molecule has 10 nitrogen and oxygen atoms in total. The second kappa shape index (κ2) is 10.6. The summed E-state index contributed by atoms with van der Waals surface area (Å²) in [5, 5.41) is 16.6. The quantitative estimate of drug-likeness (QED) is 0.452. The van der Waals surface area contributed by atoms with E-state index in [4.69, 9.17) is 9.47 Å². The lowest BCUT2D eigenvalue weighted by Gasteiger charge is -2.21. The Balaban J connectivity index is 1.50. The number of anilines is 2. The summed E-state index contributed by atoms with van der Waals surface area (Å²) in [6.07, 6.45) is 0.146. The van der Waals surface area contributed by atoms with Crippen LogP contribution in [-0.4, -0.2) is 54.5 Å². The highest BCUT2D eigenvalue weighted by atomic mass is 16.6. The van der Waals surface area contributed by atoms with Crippen molar-refractivity contribution in [2.24, 2.45) is 0 Å². The van der Waals surface area contributed by atoms with Crippen molar-refractivity contribution in [3.05, 3.63) is 52.1 Å². The second-order valence-electron chi connectivity index (χ2n) is 7.28. The average Bonchev–Trinajstić information content (AvgIpc) is 2.77. The van der Waals surface area contributed by atoms with Gasteiger partial charge in [-0.1, -0.05) is 13.0 Å². The van der Waals surface area contributed by atoms with Crippen LogP contribution in [0.4, 0.5) is 17.1 Å². The molecule has 0 aliphatic carbocycles. The molecular formula is C22H26N4O6. The predicted octanol–water partition coefficient (Wildman–Crippen LogP) is 2.96. The van der Waals surface area contributed by atoms with Gasteiger partial charge in [0, 0.05) is 30.8 Å². The number of ether oxygens (including phenoxy) is 2. The number of nitrogens with one attached hydrogen (secondary N) is 2. The number of nitro groups is 1. The van der Waals surface area contributed by atoms with Crippen molar-refractivity contribution in [2.75, 3.05) is 43.5 Å². The Kier molecular flexibility index (Phi) is 7.61. The molecule has 2 aromatic rings. The van der Waals surface area contributed by atoms with Crippen LogP contribution >= 0.6 is 0 Å². The number of hydrogen-bond acceptors (Lipinski definition) is 7. The molecule has 32 heavy (non-hydrogen) atoms. The maximum absolute atomic E-state index is 12.4. The van der Waals surface area contributed by atoms with Gasteiger partial charge in [0.05, 0.1) is 22.7 Å². The van der Waals surface area contributed by atoms with Crippen LogP contribution in [0.15, 0.2) is 36.4 Å². The van der Waals surface area contributed by atoms with Crippen LogP contribution in [0.3, 0.4) is 0 Å². The number of benzene rings is 2. The Morgan fingerprint density at radius 1 is 1.09 bits per heavy atom. The van der Waals surface area contributed by atoms with Crippen LogP contribution in [0.1, 0.15) is 18.9 Å². The predicted molar refractivity (Wildman–Crippen MR) is 119 cm³/mol. The van der Waals surface area contributed by atoms with Gasteiger partial charge in [-0.15, -0.1) is 0 Å². The third-order valence-corrected chi connectivity index (χ3v) is 5.07. The number of rotatable bonds is 9. The maximum atomic E-state index is 12.4. The molecule has 0 spiro atoms. The monoisotopic (exact) mass is 442 g/mol. The first-order chi connectivity index (χ1) is 15.4. The zero-order valence-electron chi connectivity index (χ0n) is 18.1. The Bertz CT molecular complexity index is 1010. The van der Waals surface area contributed by atoms with E-state index in [0.717, 1.165) is 0 Å². The fraction of sp³-hybridized carbons (Fsp3) is 0.364. The number of amides is 2. The van der Waals surface area contributed by atoms with Crippen LogP contribution in [0.5, 0.6) is 11.5 Å². The van der Waals surface area contributed by atoms with E-state index in [2.05, 4.69) is 10.6 Å². The number of nitro benzene ring substituents is 1. The van der Waals surface area contributed by atoms with Gasteiger partial charge in [-0.05, 0) is 31.7 Å². The summed E-state index contributed by atoms with van der Waals surface area (Å²) in [6, 6.07) is 9.76. The molecule has 0 aromatic heterocycles. The van der Waals surface area contributed by atoms with Gasteiger partial charge in [-0.3, -0.25) is 24.6 Å². The summed E-state index contributed by atoms with van der Waals surface area (Å²) in [5.74, 6) is 0.752. The van der Waals surface area contributed by atoms with Crippen LogP contribution in [0.2, 0.25) is 0 Å². The molecule has 0 atom stereocenters. The standard InChI is InChI=1S/C22H26N4O6/c1-3-25(10-9-21(27)24-17-5-4-6-18(15(17)2)26(29)30)14-22(28)23-16-7-8-19-20(13-16)32-12-11-31-19/h4-8,13H,3,9-12,14H2,1-2H3,(H,23,28)(H,24,27). The smallest absolute Gasteiger partial charge is 0.274 e. The van der Waals surface area contributed by atoms with Gasteiger partial charge in [0.2, 0.25) is 11.8 Å². The van der Waals surface area contributed by atoms with Crippen LogP contribution in [-0.2, 0) is 9.59 Å². The van der Waals surface area contributed by atoms with Crippen LogP contribution < -0.4 is 20.1 Å². The Labute approximate surface area is 185 Å². The minimum atomic E-state index is -0.482. The molecule has 2 N–H and O–H groups in total. The van der Waals surface area contributed by atoms with E-state index in [9.17, 15) is 19.7 Å². The number of hydrogen-bond donors (Lipinski definition) is 2. The van der Waals surface area contributed by atoms with Crippen LogP contribution in [0, 0.1) is 17.0 Å². The van der Waals surface area contributed by atoms with E-state index >= 15 is 0 Å². The molecule has 3 rings (SSSR count). The Morgan fingerprint density at radius 2 is 1.84 bits per heavy atom. The van der Waals surface area contributed by atoms with Crippen molar-refractivity contribution in [3.8, 4) is 11.5 Å². The van der Waals surface area contributed by atoms with E-state index in [1.54, 1.807) is 31.2 Å². The van der Waals surface area contributed by atoms with Gasteiger partial charge < -0.3 is 20.1 Å². The summed E-state index contributed by atoms with van der Waals surface area (Å²) < 4.78 is 11.0. The summed E-state index contributed by atoms with van der Waals surface area (Å²) in [7, 11) is 0. The lowest BCUT2D eigenvalue weighted by Crippen LogP contribution is -2.35. The molecule has 10 heteroatoms. The van der Waals surface area contributed by atoms with Gasteiger partial charge in [-0.25, -0.2) is 0 Å². The molecule has 170 valence electrons. The summed E-state index contributed by atoms with van der Waals surface area (Å²) >= 11 is 0. The SMILES string of the molecule is CCN(CCC(=O)Nc1cccc([N+](=O)[O-])c1C)CC(=O)Nc1ccc2c(c1)OCCO2. The molecule has 0 unspecified atom stereocenters. The molecule has 1 aliphatic heterocycles. The van der Waals surface area contributed by atoms with Gasteiger partial charge in [0.15, 0.2) is 11.5 Å². The van der Waals surface area contributed by atoms with E-state index in [1.807, 2.05) is 11.8 Å². The number of fused-ring (bicyclic) bond motifs is 1. The lowest BCUT2D eigenvalue weighted by molar-refractivity contribution is -0.385. The molecule has 0 fully saturated rings. The third-order valence-electron chi connectivity index (χ3n) is 5.07. The first kappa shape index (κ1) is 23.0. The lowest BCUT2D eigenvalue weighted by atomic mass is 10.1. The molecule has 2 amide bonds. The largest absolute Gasteiger partial charge is 0.486 e. The van der Waals surface area contributed by atoms with E-state index in [1.165, 1.54) is 12.1 Å². The zero-order chi connectivity index (χ0) is 23.1. The molecule has 1 heterocycles. The third kappa shape index (κ3) is 5.94. The number of nitrogens with zero attached hydrogens (tertiary/aromatic N) is 2. The minimum absolute atomic E-state index is 0.0474. The van der Waals surface area contributed by atoms with Crippen molar-refractivity contribution < 1.29 is 24.0 Å². The van der Waals surface area contributed by atoms with Crippen molar-refractivity contribution in [3.63, 3.8) is 0 Å². The molecule has 0 radical (unpaired) electrons. The van der Waals surface area contributed by atoms with Crippen molar-refractivity contribution >= 4 is 28.9 Å². The number of carbonyl (C=O) groups excluding carboxylic acids is 2. The number of likely N-dealkylation sites (N-methyl/N-ethyl adjacent to an activating group) is 1. The van der Waals surface area contributed by atoms with E-state index in [-0.39, 0.29) is 30.5 Å². The average molecular weight is 442 g/mol. The minimum Gasteiger partial charge on any atom is -0.486 e. The second-order valence-corrected chi connectivity index (χ2v) is 7.28. The molecule has 0 saturated carbocycles. The van der Waals surface area contributed by atoms with Gasteiger partial charge in [0.1, 0.15) is 13.2 Å². The van der Waals surface area contributed by atoms with Crippen molar-refractivity contribution in [1.29, 1.82) is 0 Å². The van der Waals surface area contributed by atoms with Gasteiger partial charge in [-0.2, -0.15) is 0 Å². The number of carbonyl (C=O) groups is 2. The topological polar surface area (TPSA) is 123 Å². The molecule has 1 aliphatic rings. The fourth-order valence-corrected chi connectivity index (χ4v) is 3.30. The Morgan fingerprint density at radius 3 is 2.56 bits per heavy atom. The van der Waals surface area contributed by atoms with Crippen LogP contribution in [0.25, 0.3) is 0 Å². The molecule has 2 aromatic carbocycles. The zero-order valence-corrected chi connectivity index (χ0v) is 18.1. The molecular weight excluding hydrogens is 416 g/mol. The fourth-order valence-electron chi connectivity index (χ4n) is 3.30. The van der Waals surface area contributed by atoms with Gasteiger partial charge >= 0.3 is 0 Å². The summed E-state index contributed by atoms with van der Waals surface area (Å²) in [6.45, 7) is 5.52. The molecule has 0 bridgehead atoms. The Hall–Kier alpha value is -3.66. The highest BCUT2D eigenvalue weighted by molar-refractivity contribution is 5.93. The summed E-state index contributed by atoms with van der Waals surface area (Å²) in [4.78, 5) is 37.2. The first-order valence-corrected chi connectivity index (χ1v) is 10.3. The van der Waals surface area contributed by atoms with Crippen molar-refractivity contribution in [2.45, 2.75) is 20.3 Å². The molecule has 0 saturated heterocycles. The van der Waals surface area contributed by atoms with Gasteiger partial charge in [0.25, 0.3) is 5.69 Å². The summed E-state index contributed by atoms with van der Waals surface area (Å²) in [5.41, 5.74) is 1.36.